The lowest BCUT2D eigenvalue weighted by atomic mass is 9.74. The van der Waals surface area contributed by atoms with Gasteiger partial charge in [-0.1, -0.05) is 54.6 Å². The normalized spacial score (nSPS) is 27.8. The molecule has 2 aliphatic rings. The van der Waals surface area contributed by atoms with Crippen molar-refractivity contribution in [3.63, 3.8) is 0 Å². The summed E-state index contributed by atoms with van der Waals surface area (Å²) in [5.41, 5.74) is 3.89. The van der Waals surface area contributed by atoms with Gasteiger partial charge in [0.2, 0.25) is 0 Å². The van der Waals surface area contributed by atoms with Gasteiger partial charge in [0, 0.05) is 24.5 Å². The van der Waals surface area contributed by atoms with Gasteiger partial charge in [0.05, 0.1) is 6.61 Å². The second-order valence-corrected chi connectivity index (χ2v) is 7.54. The Kier molecular flexibility index (Phi) is 4.89. The number of aliphatic hydroxyl groups is 1. The molecule has 0 aliphatic carbocycles. The molecule has 2 aromatic rings. The van der Waals surface area contributed by atoms with Gasteiger partial charge in [0.25, 0.3) is 0 Å². The highest BCUT2D eigenvalue weighted by Crippen LogP contribution is 2.42. The summed E-state index contributed by atoms with van der Waals surface area (Å²) in [7, 11) is 2.23. The Morgan fingerprint density at radius 3 is 2.32 bits per heavy atom. The maximum atomic E-state index is 9.96. The Morgan fingerprint density at radius 2 is 1.60 bits per heavy atom. The van der Waals surface area contributed by atoms with Crippen LogP contribution in [-0.4, -0.2) is 60.3 Å². The molecule has 2 fully saturated rings. The van der Waals surface area contributed by atoms with Crippen LogP contribution in [0.3, 0.4) is 0 Å². The molecule has 0 aromatic heterocycles. The average Bonchev–Trinajstić information content (AvgIpc) is 2.64. The van der Waals surface area contributed by atoms with Crippen molar-refractivity contribution in [2.45, 2.75) is 30.8 Å². The van der Waals surface area contributed by atoms with Crippen LogP contribution in [0.5, 0.6) is 0 Å². The van der Waals surface area contributed by atoms with E-state index in [-0.39, 0.29) is 12.6 Å². The molecule has 25 heavy (non-hydrogen) atoms. The summed E-state index contributed by atoms with van der Waals surface area (Å²) >= 11 is 0. The van der Waals surface area contributed by atoms with E-state index in [2.05, 4.69) is 71.4 Å². The summed E-state index contributed by atoms with van der Waals surface area (Å²) in [5, 5.41) is 9.96. The number of hydrogen-bond acceptors (Lipinski definition) is 3. The van der Waals surface area contributed by atoms with Gasteiger partial charge in [-0.15, -0.1) is 0 Å². The zero-order valence-corrected chi connectivity index (χ0v) is 15.0. The fourth-order valence-corrected chi connectivity index (χ4v) is 4.64. The molecule has 4 rings (SSSR count). The molecule has 2 aromatic carbocycles. The molecule has 0 saturated carbocycles. The van der Waals surface area contributed by atoms with Gasteiger partial charge in [-0.05, 0) is 49.7 Å². The Balaban J connectivity index is 1.57. The lowest BCUT2D eigenvalue weighted by Crippen LogP contribution is -2.67. The van der Waals surface area contributed by atoms with Gasteiger partial charge in [0.15, 0.2) is 0 Å². The molecule has 0 radical (unpaired) electrons. The Hall–Kier alpha value is -1.68. The van der Waals surface area contributed by atoms with Crippen LogP contribution < -0.4 is 0 Å². The lowest BCUT2D eigenvalue weighted by molar-refractivity contribution is -0.0614. The first-order valence-corrected chi connectivity index (χ1v) is 9.48. The average molecular weight is 336 g/mol. The Labute approximate surface area is 150 Å². The number of rotatable bonds is 3. The standard InChI is InChI=1S/C22H28N2O/c1-23-13-5-6-14-24-20(15-23)22(21(24)16-25)19-11-9-18(10-12-19)17-7-3-2-4-8-17/h2-4,7-12,20-22,25H,5-6,13-16H2,1H3/t20-,21-,22-/m0/s1. The van der Waals surface area contributed by atoms with Gasteiger partial charge < -0.3 is 10.0 Å². The van der Waals surface area contributed by atoms with E-state index >= 15 is 0 Å². The van der Waals surface area contributed by atoms with Crippen molar-refractivity contribution in [2.75, 3.05) is 33.3 Å². The van der Waals surface area contributed by atoms with Crippen molar-refractivity contribution < 1.29 is 5.11 Å². The van der Waals surface area contributed by atoms with Crippen molar-refractivity contribution in [3.8, 4) is 11.1 Å². The van der Waals surface area contributed by atoms with Gasteiger partial charge in [-0.2, -0.15) is 0 Å². The molecule has 132 valence electrons. The van der Waals surface area contributed by atoms with Crippen LogP contribution in [0.15, 0.2) is 54.6 Å². The highest BCUT2D eigenvalue weighted by atomic mass is 16.3. The molecule has 3 heteroatoms. The SMILES string of the molecule is CN1CCCCN2[C@@H](CO)[C@@H](c3ccc(-c4ccccc4)cc3)[C@@H]2C1. The number of hydrogen-bond donors (Lipinski definition) is 1. The van der Waals surface area contributed by atoms with Crippen LogP contribution in [0.4, 0.5) is 0 Å². The summed E-state index contributed by atoms with van der Waals surface area (Å²) in [6.45, 7) is 3.67. The quantitative estimate of drug-likeness (QED) is 0.932. The van der Waals surface area contributed by atoms with Crippen molar-refractivity contribution in [2.24, 2.45) is 0 Å². The summed E-state index contributed by atoms with van der Waals surface area (Å²) in [6.07, 6.45) is 2.49. The Morgan fingerprint density at radius 1 is 0.920 bits per heavy atom. The maximum Gasteiger partial charge on any atom is 0.0593 e. The molecular weight excluding hydrogens is 308 g/mol. The smallest absolute Gasteiger partial charge is 0.0593 e. The minimum absolute atomic E-state index is 0.255. The largest absolute Gasteiger partial charge is 0.395 e. The molecule has 0 bridgehead atoms. The number of fused-ring (bicyclic) bond motifs is 1. The molecular formula is C22H28N2O. The van der Waals surface area contributed by atoms with Crippen LogP contribution in [0.2, 0.25) is 0 Å². The van der Waals surface area contributed by atoms with Gasteiger partial charge in [-0.3, -0.25) is 4.90 Å². The molecule has 1 N–H and O–H groups in total. The van der Waals surface area contributed by atoms with Crippen molar-refractivity contribution in [1.29, 1.82) is 0 Å². The van der Waals surface area contributed by atoms with E-state index in [1.165, 1.54) is 36.1 Å². The van der Waals surface area contributed by atoms with Crippen LogP contribution in [0.25, 0.3) is 11.1 Å². The highest BCUT2D eigenvalue weighted by Gasteiger charge is 2.48. The zero-order chi connectivity index (χ0) is 17.2. The summed E-state index contributed by atoms with van der Waals surface area (Å²) in [5.74, 6) is 0.440. The minimum atomic E-state index is 0.255. The van der Waals surface area contributed by atoms with Crippen LogP contribution in [0, 0.1) is 0 Å². The topological polar surface area (TPSA) is 26.7 Å². The molecule has 3 nitrogen and oxygen atoms in total. The molecule has 2 saturated heterocycles. The number of nitrogens with zero attached hydrogens (tertiary/aromatic N) is 2. The molecule has 2 heterocycles. The first kappa shape index (κ1) is 16.8. The van der Waals surface area contributed by atoms with E-state index < -0.39 is 0 Å². The maximum absolute atomic E-state index is 9.96. The number of likely N-dealkylation sites (N-methyl/N-ethyl adjacent to an activating group) is 1. The van der Waals surface area contributed by atoms with E-state index in [1.807, 2.05) is 0 Å². The monoisotopic (exact) mass is 336 g/mol. The van der Waals surface area contributed by atoms with Gasteiger partial charge in [0.1, 0.15) is 0 Å². The minimum Gasteiger partial charge on any atom is -0.395 e. The van der Waals surface area contributed by atoms with Crippen LogP contribution in [-0.2, 0) is 0 Å². The zero-order valence-electron chi connectivity index (χ0n) is 15.0. The van der Waals surface area contributed by atoms with E-state index in [0.717, 1.165) is 13.1 Å². The third-order valence-electron chi connectivity index (χ3n) is 5.98. The first-order chi connectivity index (χ1) is 12.3. The third-order valence-corrected chi connectivity index (χ3v) is 5.98. The van der Waals surface area contributed by atoms with Crippen molar-refractivity contribution in [1.82, 2.24) is 9.80 Å². The van der Waals surface area contributed by atoms with Crippen LogP contribution in [0.1, 0.15) is 24.3 Å². The molecule has 0 spiro atoms. The highest BCUT2D eigenvalue weighted by molar-refractivity contribution is 5.63. The fraction of sp³-hybridized carbons (Fsp3) is 0.455. The summed E-state index contributed by atoms with van der Waals surface area (Å²) < 4.78 is 0. The Bertz CT molecular complexity index is 685. The van der Waals surface area contributed by atoms with Crippen LogP contribution >= 0.6 is 0 Å². The van der Waals surface area contributed by atoms with E-state index in [9.17, 15) is 5.11 Å². The van der Waals surface area contributed by atoms with Gasteiger partial charge >= 0.3 is 0 Å². The first-order valence-electron chi connectivity index (χ1n) is 9.48. The summed E-state index contributed by atoms with van der Waals surface area (Å²) in [6, 6.07) is 20.3. The number of benzene rings is 2. The summed E-state index contributed by atoms with van der Waals surface area (Å²) in [4.78, 5) is 4.99. The predicted octanol–water partition coefficient (Wildman–Crippen LogP) is 3.21. The van der Waals surface area contributed by atoms with E-state index in [4.69, 9.17) is 0 Å². The molecule has 2 aliphatic heterocycles. The third kappa shape index (κ3) is 3.24. The van der Waals surface area contributed by atoms with Crippen molar-refractivity contribution in [3.05, 3.63) is 60.2 Å². The fourth-order valence-electron chi connectivity index (χ4n) is 4.64. The molecule has 0 amide bonds. The van der Waals surface area contributed by atoms with E-state index in [0.29, 0.717) is 12.0 Å². The van der Waals surface area contributed by atoms with E-state index in [1.54, 1.807) is 0 Å². The van der Waals surface area contributed by atoms with Crippen molar-refractivity contribution >= 4 is 0 Å². The predicted molar refractivity (Wildman–Crippen MR) is 103 cm³/mol. The second kappa shape index (κ2) is 7.28. The number of aliphatic hydroxyl groups excluding tert-OH is 1. The molecule has 3 atom stereocenters. The lowest BCUT2D eigenvalue weighted by Gasteiger charge is -2.57. The van der Waals surface area contributed by atoms with Gasteiger partial charge in [-0.25, -0.2) is 0 Å². The molecule has 0 unspecified atom stereocenters. The second-order valence-electron chi connectivity index (χ2n) is 7.54.